The second-order valence-electron chi connectivity index (χ2n) is 4.76. The first-order valence-corrected chi connectivity index (χ1v) is 8.53. The van der Waals surface area contributed by atoms with Crippen molar-refractivity contribution in [1.82, 2.24) is 4.98 Å². The van der Waals surface area contributed by atoms with Gasteiger partial charge in [0.05, 0.1) is 35.2 Å². The average molecular weight is 477 g/mol. The summed E-state index contributed by atoms with van der Waals surface area (Å²) in [5.41, 5.74) is 0.630. The predicted molar refractivity (Wildman–Crippen MR) is 99.7 cm³/mol. The van der Waals surface area contributed by atoms with Crippen molar-refractivity contribution in [2.24, 2.45) is 0 Å². The van der Waals surface area contributed by atoms with E-state index in [2.05, 4.69) is 42.2 Å². The van der Waals surface area contributed by atoms with Gasteiger partial charge in [0.25, 0.3) is 5.88 Å². The number of pyridine rings is 1. The van der Waals surface area contributed by atoms with E-state index >= 15 is 0 Å². The Labute approximate surface area is 160 Å². The summed E-state index contributed by atoms with van der Waals surface area (Å²) < 4.78 is 16.8. The third-order valence-electron chi connectivity index (χ3n) is 3.31. The molecule has 0 unspecified atom stereocenters. The van der Waals surface area contributed by atoms with Gasteiger partial charge in [-0.1, -0.05) is 0 Å². The van der Waals surface area contributed by atoms with Gasteiger partial charge in [-0.3, -0.25) is 10.1 Å². The fourth-order valence-corrected chi connectivity index (χ4v) is 3.11. The maximum atomic E-state index is 11.0. The highest BCUT2D eigenvalue weighted by Crippen LogP contribution is 2.35. The number of halogens is 2. The van der Waals surface area contributed by atoms with Crippen molar-refractivity contribution in [3.8, 4) is 17.4 Å². The lowest BCUT2D eigenvalue weighted by Crippen LogP contribution is -2.06. The minimum atomic E-state index is -0.552. The minimum Gasteiger partial charge on any atom is -0.496 e. The van der Waals surface area contributed by atoms with E-state index in [1.54, 1.807) is 20.3 Å². The number of benzene rings is 1. The predicted octanol–water partition coefficient (Wildman–Crippen LogP) is 4.15. The number of ether oxygens (including phenoxy) is 3. The highest BCUT2D eigenvalue weighted by atomic mass is 79.9. The Morgan fingerprint density at radius 2 is 1.76 bits per heavy atom. The minimum absolute atomic E-state index is 0.0708. The van der Waals surface area contributed by atoms with Gasteiger partial charge in [0, 0.05) is 24.2 Å². The number of nitrogens with one attached hydrogen (secondary N) is 1. The van der Waals surface area contributed by atoms with Gasteiger partial charge in [0.2, 0.25) is 0 Å². The molecule has 8 nitrogen and oxygen atoms in total. The van der Waals surface area contributed by atoms with Crippen molar-refractivity contribution in [2.45, 2.75) is 6.54 Å². The molecule has 0 saturated carbocycles. The monoisotopic (exact) mass is 475 g/mol. The van der Waals surface area contributed by atoms with Crippen molar-refractivity contribution in [3.05, 3.63) is 42.8 Å². The zero-order valence-electron chi connectivity index (χ0n) is 13.6. The Bertz CT molecular complexity index is 801. The van der Waals surface area contributed by atoms with Crippen molar-refractivity contribution < 1.29 is 19.1 Å². The summed E-state index contributed by atoms with van der Waals surface area (Å²) in [6.45, 7) is 0.373. The molecule has 1 heterocycles. The summed E-state index contributed by atoms with van der Waals surface area (Å²) in [6, 6.07) is 4.97. The lowest BCUT2D eigenvalue weighted by atomic mass is 10.2. The van der Waals surface area contributed by atoms with E-state index < -0.39 is 4.92 Å². The SMILES string of the molecule is COc1cc(OC)c(CNc2nc(OC)c([N+](=O)[O-])cc2Br)cc1Br. The van der Waals surface area contributed by atoms with Gasteiger partial charge < -0.3 is 19.5 Å². The van der Waals surface area contributed by atoms with E-state index in [9.17, 15) is 10.1 Å². The van der Waals surface area contributed by atoms with Crippen LogP contribution in [0.1, 0.15) is 5.56 Å². The van der Waals surface area contributed by atoms with Crippen molar-refractivity contribution >= 4 is 43.4 Å². The van der Waals surface area contributed by atoms with Crippen LogP contribution >= 0.6 is 31.9 Å². The van der Waals surface area contributed by atoms with E-state index in [-0.39, 0.29) is 11.6 Å². The zero-order chi connectivity index (χ0) is 18.6. The molecule has 0 bridgehead atoms. The van der Waals surface area contributed by atoms with Crippen LogP contribution in [-0.4, -0.2) is 31.2 Å². The molecule has 0 radical (unpaired) electrons. The van der Waals surface area contributed by atoms with Crippen LogP contribution in [0.25, 0.3) is 0 Å². The smallest absolute Gasteiger partial charge is 0.332 e. The first-order chi connectivity index (χ1) is 11.9. The van der Waals surface area contributed by atoms with Crippen LogP contribution in [0.15, 0.2) is 27.1 Å². The topological polar surface area (TPSA) is 95.8 Å². The molecular formula is C15H15Br2N3O5. The van der Waals surface area contributed by atoms with Crippen LogP contribution in [0.4, 0.5) is 11.5 Å². The highest BCUT2D eigenvalue weighted by Gasteiger charge is 2.20. The molecule has 1 aromatic carbocycles. The fraction of sp³-hybridized carbons (Fsp3) is 0.267. The van der Waals surface area contributed by atoms with Crippen LogP contribution < -0.4 is 19.5 Å². The molecule has 0 atom stereocenters. The molecule has 0 aliphatic heterocycles. The summed E-state index contributed by atoms with van der Waals surface area (Å²) in [7, 11) is 4.47. The maximum absolute atomic E-state index is 11.0. The molecule has 10 heteroatoms. The standard InChI is InChI=1S/C15H15Br2N3O5/c1-23-12-6-13(24-2)9(16)4-8(12)7-18-14-10(17)5-11(20(21)22)15(19-14)25-3/h4-6H,7H2,1-3H3,(H,18,19). The molecule has 0 amide bonds. The second-order valence-corrected chi connectivity index (χ2v) is 6.47. The molecule has 0 aliphatic carbocycles. The molecule has 2 aromatic rings. The first kappa shape index (κ1) is 19.3. The molecule has 1 aromatic heterocycles. The molecule has 0 saturated heterocycles. The van der Waals surface area contributed by atoms with Gasteiger partial charge in [-0.15, -0.1) is 0 Å². The van der Waals surface area contributed by atoms with Crippen LogP contribution in [0.5, 0.6) is 17.4 Å². The molecule has 1 N–H and O–H groups in total. The van der Waals surface area contributed by atoms with E-state index in [4.69, 9.17) is 14.2 Å². The normalized spacial score (nSPS) is 10.3. The highest BCUT2D eigenvalue weighted by molar-refractivity contribution is 9.11. The number of aromatic nitrogens is 1. The van der Waals surface area contributed by atoms with Gasteiger partial charge in [-0.25, -0.2) is 0 Å². The van der Waals surface area contributed by atoms with Gasteiger partial charge in [-0.2, -0.15) is 4.98 Å². The summed E-state index contributed by atoms with van der Waals surface area (Å²) in [6.07, 6.45) is 0. The third-order valence-corrected chi connectivity index (χ3v) is 4.54. The second kappa shape index (κ2) is 8.34. The van der Waals surface area contributed by atoms with Crippen LogP contribution in [0.2, 0.25) is 0 Å². The number of nitrogens with zero attached hydrogens (tertiary/aromatic N) is 2. The lowest BCUT2D eigenvalue weighted by Gasteiger charge is -2.14. The molecule has 0 aliphatic rings. The van der Waals surface area contributed by atoms with Gasteiger partial charge in [0.1, 0.15) is 17.3 Å². The Hall–Kier alpha value is -2.07. The molecule has 0 fully saturated rings. The molecular weight excluding hydrogens is 462 g/mol. The Kier molecular flexibility index (Phi) is 6.43. The van der Waals surface area contributed by atoms with Crippen LogP contribution in [0, 0.1) is 10.1 Å². The van der Waals surface area contributed by atoms with E-state index in [1.165, 1.54) is 13.2 Å². The fourth-order valence-electron chi connectivity index (χ4n) is 2.11. The van der Waals surface area contributed by atoms with E-state index in [0.717, 1.165) is 10.0 Å². The first-order valence-electron chi connectivity index (χ1n) is 6.94. The summed E-state index contributed by atoms with van der Waals surface area (Å²) in [5.74, 6) is 1.63. The summed E-state index contributed by atoms with van der Waals surface area (Å²) in [4.78, 5) is 14.6. The third kappa shape index (κ3) is 4.31. The lowest BCUT2D eigenvalue weighted by molar-refractivity contribution is -0.386. The average Bonchev–Trinajstić information content (AvgIpc) is 2.60. The summed E-state index contributed by atoms with van der Waals surface area (Å²) >= 11 is 6.71. The molecule has 0 spiro atoms. The number of rotatable bonds is 7. The van der Waals surface area contributed by atoms with E-state index in [0.29, 0.717) is 28.3 Å². The van der Waals surface area contributed by atoms with E-state index in [1.807, 2.05) is 6.07 Å². The zero-order valence-corrected chi connectivity index (χ0v) is 16.8. The van der Waals surface area contributed by atoms with Crippen molar-refractivity contribution in [2.75, 3.05) is 26.6 Å². The van der Waals surface area contributed by atoms with Gasteiger partial charge in [-0.05, 0) is 37.9 Å². The number of methoxy groups -OCH3 is 3. The quantitative estimate of drug-likeness (QED) is 0.473. The number of hydrogen-bond acceptors (Lipinski definition) is 7. The van der Waals surface area contributed by atoms with Gasteiger partial charge in [0.15, 0.2) is 0 Å². The number of anilines is 1. The van der Waals surface area contributed by atoms with Crippen molar-refractivity contribution in [1.29, 1.82) is 0 Å². The van der Waals surface area contributed by atoms with Crippen molar-refractivity contribution in [3.63, 3.8) is 0 Å². The Morgan fingerprint density at radius 1 is 1.08 bits per heavy atom. The Morgan fingerprint density at radius 3 is 2.32 bits per heavy atom. The summed E-state index contributed by atoms with van der Waals surface area (Å²) in [5, 5.41) is 14.1. The molecule has 2 rings (SSSR count). The largest absolute Gasteiger partial charge is 0.496 e. The molecule has 134 valence electrons. The maximum Gasteiger partial charge on any atom is 0.332 e. The number of nitro groups is 1. The Balaban J connectivity index is 2.30. The number of hydrogen-bond donors (Lipinski definition) is 1. The molecule has 25 heavy (non-hydrogen) atoms. The van der Waals surface area contributed by atoms with Crippen LogP contribution in [-0.2, 0) is 6.54 Å². The van der Waals surface area contributed by atoms with Gasteiger partial charge >= 0.3 is 5.69 Å². The van der Waals surface area contributed by atoms with Crippen LogP contribution in [0.3, 0.4) is 0 Å².